The Morgan fingerprint density at radius 2 is 1.69 bits per heavy atom. The van der Waals surface area contributed by atoms with E-state index in [0.717, 1.165) is 11.1 Å². The number of amides is 1. The number of carbonyl (C=O) groups is 2. The second kappa shape index (κ2) is 13.0. The van der Waals surface area contributed by atoms with Crippen molar-refractivity contribution >= 4 is 40.6 Å². The quantitative estimate of drug-likeness (QED) is 0.136. The van der Waals surface area contributed by atoms with Gasteiger partial charge in [0.05, 0.1) is 40.2 Å². The zero-order valence-corrected chi connectivity index (χ0v) is 23.3. The summed E-state index contributed by atoms with van der Waals surface area (Å²) in [6.07, 6.45) is 1.47. The van der Waals surface area contributed by atoms with E-state index in [9.17, 15) is 9.59 Å². The van der Waals surface area contributed by atoms with Crippen LogP contribution in [0.3, 0.4) is 0 Å². The first-order chi connectivity index (χ1) is 20.4. The molecule has 9 heteroatoms. The number of fused-ring (bicyclic) bond motifs is 1. The number of nitrogens with zero attached hydrogens (tertiary/aromatic N) is 2. The summed E-state index contributed by atoms with van der Waals surface area (Å²) in [4.78, 5) is 29.1. The van der Waals surface area contributed by atoms with Gasteiger partial charge in [0.1, 0.15) is 6.61 Å². The van der Waals surface area contributed by atoms with Crippen molar-refractivity contribution < 1.29 is 24.2 Å². The van der Waals surface area contributed by atoms with Gasteiger partial charge in [-0.3, -0.25) is 4.79 Å². The van der Waals surface area contributed by atoms with Gasteiger partial charge < -0.3 is 14.6 Å². The molecule has 0 aliphatic rings. The first kappa shape index (κ1) is 28.3. The van der Waals surface area contributed by atoms with Gasteiger partial charge in [-0.1, -0.05) is 72.3 Å². The van der Waals surface area contributed by atoms with E-state index in [1.807, 2.05) is 61.5 Å². The molecule has 1 aromatic heterocycles. The highest BCUT2D eigenvalue weighted by Crippen LogP contribution is 2.37. The number of para-hydroxylation sites is 1. The van der Waals surface area contributed by atoms with Crippen molar-refractivity contribution in [2.45, 2.75) is 13.5 Å². The Labute approximate surface area is 247 Å². The summed E-state index contributed by atoms with van der Waals surface area (Å²) >= 11 is 6.54. The average Bonchev–Trinajstić information content (AvgIpc) is 3.01. The molecule has 0 saturated heterocycles. The maximum Gasteiger partial charge on any atom is 0.335 e. The minimum atomic E-state index is -0.997. The van der Waals surface area contributed by atoms with Crippen molar-refractivity contribution in [3.8, 4) is 22.8 Å². The third-order valence-corrected chi connectivity index (χ3v) is 6.61. The van der Waals surface area contributed by atoms with Crippen LogP contribution in [0.5, 0.6) is 11.5 Å². The Bertz CT molecular complexity index is 1770. The van der Waals surface area contributed by atoms with Crippen molar-refractivity contribution in [2.75, 3.05) is 6.61 Å². The minimum Gasteiger partial charge on any atom is -0.490 e. The van der Waals surface area contributed by atoms with Gasteiger partial charge in [0.15, 0.2) is 11.5 Å². The summed E-state index contributed by atoms with van der Waals surface area (Å²) in [5, 5.41) is 14.3. The minimum absolute atomic E-state index is 0.161. The number of aromatic carboxylic acids is 1. The number of hydrogen-bond donors (Lipinski definition) is 2. The summed E-state index contributed by atoms with van der Waals surface area (Å²) in [6, 6.07) is 28.6. The first-order valence-electron chi connectivity index (χ1n) is 13.1. The van der Waals surface area contributed by atoms with Gasteiger partial charge in [-0.05, 0) is 54.4 Å². The lowest BCUT2D eigenvalue weighted by molar-refractivity contribution is 0.0696. The summed E-state index contributed by atoms with van der Waals surface area (Å²) in [5.41, 5.74) is 6.90. The molecule has 5 aromatic rings. The molecule has 2 N–H and O–H groups in total. The number of aromatic nitrogens is 1. The first-order valence-corrected chi connectivity index (χ1v) is 13.5. The van der Waals surface area contributed by atoms with Crippen LogP contribution in [0, 0.1) is 0 Å². The maximum atomic E-state index is 13.2. The van der Waals surface area contributed by atoms with Crippen LogP contribution < -0.4 is 14.9 Å². The van der Waals surface area contributed by atoms with Crippen LogP contribution in [0.4, 0.5) is 0 Å². The van der Waals surface area contributed by atoms with Gasteiger partial charge >= 0.3 is 5.97 Å². The SMILES string of the molecule is CCOc1cc(/C=N/NC(=O)c2cc(-c3ccccc3)nc3ccccc23)cc(Cl)c1OCc1ccc(C(=O)O)cc1. The number of rotatable bonds is 10. The van der Waals surface area contributed by atoms with Crippen LogP contribution >= 0.6 is 11.6 Å². The fourth-order valence-electron chi connectivity index (χ4n) is 4.31. The molecule has 210 valence electrons. The predicted octanol–water partition coefficient (Wildman–Crippen LogP) is 7.00. The number of nitrogens with one attached hydrogen (secondary N) is 1. The molecule has 4 aromatic carbocycles. The highest BCUT2D eigenvalue weighted by atomic mass is 35.5. The number of benzene rings is 4. The standard InChI is InChI=1S/C33H26ClN3O5/c1-2-41-30-17-22(16-27(34)31(30)42-20-21-12-14-24(15-13-21)33(39)40)19-35-37-32(38)26-18-29(23-8-4-3-5-9-23)36-28-11-7-6-10-25(26)28/h3-19H,2,20H2,1H3,(H,37,38)(H,39,40)/b35-19+. The molecular weight excluding hydrogens is 554 g/mol. The molecule has 8 nitrogen and oxygen atoms in total. The highest BCUT2D eigenvalue weighted by Gasteiger charge is 2.15. The van der Waals surface area contributed by atoms with Crippen LogP contribution in [-0.2, 0) is 6.61 Å². The van der Waals surface area contributed by atoms with E-state index < -0.39 is 5.97 Å². The molecule has 1 heterocycles. The van der Waals surface area contributed by atoms with Gasteiger partial charge in [-0.15, -0.1) is 0 Å². The largest absolute Gasteiger partial charge is 0.490 e. The van der Waals surface area contributed by atoms with Crippen LogP contribution in [0.15, 0.2) is 102 Å². The summed E-state index contributed by atoms with van der Waals surface area (Å²) in [7, 11) is 0. The Balaban J connectivity index is 1.34. The van der Waals surface area contributed by atoms with Crippen LogP contribution in [0.25, 0.3) is 22.2 Å². The number of hydrazone groups is 1. The van der Waals surface area contributed by atoms with Crippen molar-refractivity contribution in [1.82, 2.24) is 10.4 Å². The van der Waals surface area contributed by atoms with Gasteiger partial charge in [0, 0.05) is 10.9 Å². The monoisotopic (exact) mass is 579 g/mol. The van der Waals surface area contributed by atoms with E-state index >= 15 is 0 Å². The Morgan fingerprint density at radius 3 is 2.43 bits per heavy atom. The van der Waals surface area contributed by atoms with E-state index in [0.29, 0.717) is 50.9 Å². The van der Waals surface area contributed by atoms with Crippen molar-refractivity contribution in [1.29, 1.82) is 0 Å². The smallest absolute Gasteiger partial charge is 0.335 e. The lowest BCUT2D eigenvalue weighted by atomic mass is 10.0. The Kier molecular flexibility index (Phi) is 8.75. The van der Waals surface area contributed by atoms with E-state index in [2.05, 4.69) is 10.5 Å². The third-order valence-electron chi connectivity index (χ3n) is 6.33. The molecule has 0 unspecified atom stereocenters. The molecule has 0 atom stereocenters. The van der Waals surface area contributed by atoms with Gasteiger partial charge in [0.25, 0.3) is 5.91 Å². The van der Waals surface area contributed by atoms with Crippen LogP contribution in [-0.4, -0.2) is 34.8 Å². The van der Waals surface area contributed by atoms with Gasteiger partial charge in [-0.2, -0.15) is 5.10 Å². The van der Waals surface area contributed by atoms with Crippen molar-refractivity contribution in [3.63, 3.8) is 0 Å². The summed E-state index contributed by atoms with van der Waals surface area (Å²) < 4.78 is 11.7. The average molecular weight is 580 g/mol. The summed E-state index contributed by atoms with van der Waals surface area (Å²) in [5.74, 6) is -0.623. The molecule has 0 bridgehead atoms. The number of ether oxygens (including phenoxy) is 2. The number of carbonyl (C=O) groups excluding carboxylic acids is 1. The lowest BCUT2D eigenvalue weighted by Gasteiger charge is -2.14. The van der Waals surface area contributed by atoms with Crippen LogP contribution in [0.2, 0.25) is 5.02 Å². The van der Waals surface area contributed by atoms with Gasteiger partial charge in [-0.25, -0.2) is 15.2 Å². The molecule has 0 radical (unpaired) electrons. The van der Waals surface area contributed by atoms with E-state index in [1.54, 1.807) is 30.3 Å². The molecule has 5 rings (SSSR count). The third kappa shape index (κ3) is 6.56. The fourth-order valence-corrected chi connectivity index (χ4v) is 4.58. The van der Waals surface area contributed by atoms with E-state index in [-0.39, 0.29) is 18.1 Å². The summed E-state index contributed by atoms with van der Waals surface area (Å²) in [6.45, 7) is 2.37. The van der Waals surface area contributed by atoms with Crippen molar-refractivity contribution in [2.24, 2.45) is 5.10 Å². The fraction of sp³-hybridized carbons (Fsp3) is 0.0909. The lowest BCUT2D eigenvalue weighted by Crippen LogP contribution is -2.18. The number of carboxylic acids is 1. The molecule has 0 aliphatic carbocycles. The second-order valence-electron chi connectivity index (χ2n) is 9.19. The topological polar surface area (TPSA) is 110 Å². The molecule has 0 fully saturated rings. The second-order valence-corrected chi connectivity index (χ2v) is 9.60. The highest BCUT2D eigenvalue weighted by molar-refractivity contribution is 6.32. The molecule has 0 spiro atoms. The molecule has 42 heavy (non-hydrogen) atoms. The zero-order chi connectivity index (χ0) is 29.5. The van der Waals surface area contributed by atoms with Gasteiger partial charge in [0.2, 0.25) is 0 Å². The molecule has 1 amide bonds. The van der Waals surface area contributed by atoms with Crippen LogP contribution in [0.1, 0.15) is 38.8 Å². The molecule has 0 saturated carbocycles. The van der Waals surface area contributed by atoms with E-state index in [1.165, 1.54) is 18.3 Å². The molecular formula is C33H26ClN3O5. The maximum absolute atomic E-state index is 13.2. The zero-order valence-electron chi connectivity index (χ0n) is 22.6. The number of pyridine rings is 1. The van der Waals surface area contributed by atoms with E-state index in [4.69, 9.17) is 31.2 Å². The predicted molar refractivity (Wildman–Crippen MR) is 163 cm³/mol. The normalized spacial score (nSPS) is 11.0. The number of hydrogen-bond acceptors (Lipinski definition) is 6. The number of halogens is 1. The Morgan fingerprint density at radius 1 is 0.952 bits per heavy atom. The molecule has 0 aliphatic heterocycles. The van der Waals surface area contributed by atoms with Crippen molar-refractivity contribution in [3.05, 3.63) is 124 Å². The Hall–Kier alpha value is -5.21. The number of carboxylic acid groups (broad SMARTS) is 1.